The smallest absolute Gasteiger partial charge is 0.251 e. The van der Waals surface area contributed by atoms with Crippen LogP contribution in [0.1, 0.15) is 56.8 Å². The van der Waals surface area contributed by atoms with Crippen LogP contribution in [0, 0.1) is 17.8 Å². The predicted molar refractivity (Wildman–Crippen MR) is 111 cm³/mol. The van der Waals surface area contributed by atoms with Gasteiger partial charge in [0.25, 0.3) is 5.91 Å². The molecule has 160 valence electrons. The van der Waals surface area contributed by atoms with Gasteiger partial charge in [-0.1, -0.05) is 12.5 Å². The van der Waals surface area contributed by atoms with E-state index in [1.54, 1.807) is 18.2 Å². The number of benzene rings is 1. The van der Waals surface area contributed by atoms with E-state index in [0.717, 1.165) is 11.8 Å². The van der Waals surface area contributed by atoms with E-state index in [-0.39, 0.29) is 29.1 Å². The van der Waals surface area contributed by atoms with Crippen molar-refractivity contribution in [3.8, 4) is 0 Å². The highest BCUT2D eigenvalue weighted by Crippen LogP contribution is 2.49. The minimum Gasteiger partial charge on any atom is -0.373 e. The second-order valence-corrected chi connectivity index (χ2v) is 11.1. The SMILES string of the molecule is C[C@@H]1CN(S(=O)(=O)c2cccc(C(=O)N[C@@H](C)[C@@H]3C[C@@H]4CC[C@@H]3C4)c2)C[C@@H](C)O1. The van der Waals surface area contributed by atoms with Crippen LogP contribution in [0.5, 0.6) is 0 Å². The van der Waals surface area contributed by atoms with Crippen molar-refractivity contribution in [2.75, 3.05) is 13.1 Å². The van der Waals surface area contributed by atoms with Crippen molar-refractivity contribution >= 4 is 15.9 Å². The molecule has 3 aliphatic rings. The molecule has 1 aromatic rings. The van der Waals surface area contributed by atoms with Gasteiger partial charge in [0.05, 0.1) is 17.1 Å². The fourth-order valence-corrected chi connectivity index (χ4v) is 7.21. The highest BCUT2D eigenvalue weighted by atomic mass is 32.2. The summed E-state index contributed by atoms with van der Waals surface area (Å²) >= 11 is 0. The molecule has 2 bridgehead atoms. The lowest BCUT2D eigenvalue weighted by Crippen LogP contribution is -2.48. The molecule has 1 aromatic carbocycles. The van der Waals surface area contributed by atoms with Crippen LogP contribution < -0.4 is 5.32 Å². The molecule has 1 amide bonds. The second kappa shape index (κ2) is 8.00. The van der Waals surface area contributed by atoms with Gasteiger partial charge < -0.3 is 10.1 Å². The molecule has 4 rings (SSSR count). The third-order valence-corrected chi connectivity index (χ3v) is 8.74. The first kappa shape index (κ1) is 20.8. The molecule has 1 saturated heterocycles. The zero-order valence-corrected chi connectivity index (χ0v) is 18.3. The fourth-order valence-electron chi connectivity index (χ4n) is 5.58. The van der Waals surface area contributed by atoms with Crippen molar-refractivity contribution in [3.63, 3.8) is 0 Å². The topological polar surface area (TPSA) is 75.7 Å². The Morgan fingerprint density at radius 3 is 2.52 bits per heavy atom. The number of nitrogens with one attached hydrogen (secondary N) is 1. The van der Waals surface area contributed by atoms with Crippen LogP contribution in [0.25, 0.3) is 0 Å². The van der Waals surface area contributed by atoms with Gasteiger partial charge in [-0.25, -0.2) is 8.42 Å². The molecule has 2 saturated carbocycles. The lowest BCUT2D eigenvalue weighted by Gasteiger charge is -2.34. The van der Waals surface area contributed by atoms with Gasteiger partial charge in [-0.05, 0) is 76.0 Å². The molecule has 7 heteroatoms. The highest BCUT2D eigenvalue weighted by Gasteiger charge is 2.42. The fraction of sp³-hybridized carbons (Fsp3) is 0.682. The summed E-state index contributed by atoms with van der Waals surface area (Å²) in [5, 5.41) is 3.13. The Hall–Kier alpha value is -1.44. The molecule has 0 spiro atoms. The summed E-state index contributed by atoms with van der Waals surface area (Å²) in [6.45, 7) is 6.48. The van der Waals surface area contributed by atoms with Crippen molar-refractivity contribution in [3.05, 3.63) is 29.8 Å². The average molecular weight is 421 g/mol. The summed E-state index contributed by atoms with van der Waals surface area (Å²) in [6.07, 6.45) is 4.81. The molecule has 0 aromatic heterocycles. The Labute approximate surface area is 174 Å². The number of sulfonamides is 1. The number of morpholine rings is 1. The van der Waals surface area contributed by atoms with Crippen LogP contribution in [-0.2, 0) is 14.8 Å². The first-order valence-corrected chi connectivity index (χ1v) is 12.2. The summed E-state index contributed by atoms with van der Waals surface area (Å²) in [5.41, 5.74) is 0.399. The van der Waals surface area contributed by atoms with Gasteiger partial charge in [-0.2, -0.15) is 4.31 Å². The molecular weight excluding hydrogens is 388 g/mol. The number of ether oxygens (including phenoxy) is 1. The van der Waals surface area contributed by atoms with E-state index in [9.17, 15) is 13.2 Å². The summed E-state index contributed by atoms with van der Waals surface area (Å²) in [4.78, 5) is 13.0. The highest BCUT2D eigenvalue weighted by molar-refractivity contribution is 7.89. The van der Waals surface area contributed by atoms with Gasteiger partial charge in [0.1, 0.15) is 0 Å². The standard InChI is InChI=1S/C22H32N2O4S/c1-14-12-24(13-15(2)28-14)29(26,27)20-6-4-5-19(11-20)22(25)23-16(3)21-10-17-7-8-18(21)9-17/h4-6,11,14-18,21H,7-10,12-13H2,1-3H3,(H,23,25)/t14-,15-,16+,17-,18-,21+/m1/s1. The maximum Gasteiger partial charge on any atom is 0.251 e. The van der Waals surface area contributed by atoms with Crippen molar-refractivity contribution in [2.24, 2.45) is 17.8 Å². The van der Waals surface area contributed by atoms with E-state index >= 15 is 0 Å². The Kier molecular flexibility index (Phi) is 5.75. The number of nitrogens with zero attached hydrogens (tertiary/aromatic N) is 1. The molecule has 3 fully saturated rings. The van der Waals surface area contributed by atoms with E-state index in [4.69, 9.17) is 4.74 Å². The van der Waals surface area contributed by atoms with Gasteiger partial charge in [-0.3, -0.25) is 4.79 Å². The number of amides is 1. The Morgan fingerprint density at radius 2 is 1.90 bits per heavy atom. The minimum absolute atomic E-state index is 0.110. The number of hydrogen-bond donors (Lipinski definition) is 1. The number of carbonyl (C=O) groups excluding carboxylic acids is 1. The third-order valence-electron chi connectivity index (χ3n) is 6.91. The monoisotopic (exact) mass is 420 g/mol. The molecule has 1 aliphatic heterocycles. The van der Waals surface area contributed by atoms with Crippen molar-refractivity contribution in [1.29, 1.82) is 0 Å². The van der Waals surface area contributed by atoms with Crippen LogP contribution in [-0.4, -0.2) is 50.0 Å². The third kappa shape index (κ3) is 4.23. The van der Waals surface area contributed by atoms with Crippen LogP contribution in [0.2, 0.25) is 0 Å². The minimum atomic E-state index is -3.66. The predicted octanol–water partition coefficient (Wildman–Crippen LogP) is 3.04. The quantitative estimate of drug-likeness (QED) is 0.794. The maximum absolute atomic E-state index is 13.1. The van der Waals surface area contributed by atoms with E-state index in [1.807, 2.05) is 13.8 Å². The first-order valence-electron chi connectivity index (χ1n) is 10.8. The zero-order chi connectivity index (χ0) is 20.8. The number of rotatable bonds is 5. The zero-order valence-electron chi connectivity index (χ0n) is 17.5. The van der Waals surface area contributed by atoms with Gasteiger partial charge >= 0.3 is 0 Å². The number of carbonyl (C=O) groups is 1. The van der Waals surface area contributed by atoms with Gasteiger partial charge in [-0.15, -0.1) is 0 Å². The number of fused-ring (bicyclic) bond motifs is 2. The summed E-state index contributed by atoms with van der Waals surface area (Å²) in [7, 11) is -3.66. The van der Waals surface area contributed by atoms with Gasteiger partial charge in [0, 0.05) is 24.7 Å². The maximum atomic E-state index is 13.1. The van der Waals surface area contributed by atoms with Crippen molar-refractivity contribution < 1.29 is 17.9 Å². The van der Waals surface area contributed by atoms with E-state index in [0.29, 0.717) is 24.6 Å². The van der Waals surface area contributed by atoms with Crippen LogP contribution >= 0.6 is 0 Å². The molecular formula is C22H32N2O4S. The molecule has 29 heavy (non-hydrogen) atoms. The van der Waals surface area contributed by atoms with Crippen LogP contribution in [0.3, 0.4) is 0 Å². The van der Waals surface area contributed by atoms with Gasteiger partial charge in [0.2, 0.25) is 10.0 Å². The Bertz CT molecular complexity index is 861. The lowest BCUT2D eigenvalue weighted by molar-refractivity contribution is -0.0440. The number of hydrogen-bond acceptors (Lipinski definition) is 4. The van der Waals surface area contributed by atoms with Crippen molar-refractivity contribution in [2.45, 2.75) is 69.6 Å². The van der Waals surface area contributed by atoms with Gasteiger partial charge in [0.15, 0.2) is 0 Å². The van der Waals surface area contributed by atoms with Crippen LogP contribution in [0.4, 0.5) is 0 Å². The lowest BCUT2D eigenvalue weighted by atomic mass is 9.84. The molecule has 6 nitrogen and oxygen atoms in total. The average Bonchev–Trinajstić information content (AvgIpc) is 3.31. The Balaban J connectivity index is 1.47. The molecule has 0 radical (unpaired) electrons. The summed E-state index contributed by atoms with van der Waals surface area (Å²) in [6, 6.07) is 6.52. The molecule has 1 N–H and O–H groups in total. The molecule has 0 unspecified atom stereocenters. The molecule has 2 aliphatic carbocycles. The molecule has 6 atom stereocenters. The van der Waals surface area contributed by atoms with E-state index in [2.05, 4.69) is 12.2 Å². The van der Waals surface area contributed by atoms with Crippen LogP contribution in [0.15, 0.2) is 29.2 Å². The normalized spacial score (nSPS) is 33.6. The summed E-state index contributed by atoms with van der Waals surface area (Å²) in [5.74, 6) is 1.91. The van der Waals surface area contributed by atoms with E-state index < -0.39 is 10.0 Å². The summed E-state index contributed by atoms with van der Waals surface area (Å²) < 4.78 is 33.3. The second-order valence-electron chi connectivity index (χ2n) is 9.21. The Morgan fingerprint density at radius 1 is 1.17 bits per heavy atom. The first-order chi connectivity index (χ1) is 13.7. The molecule has 1 heterocycles. The van der Waals surface area contributed by atoms with Crippen molar-refractivity contribution in [1.82, 2.24) is 9.62 Å². The van der Waals surface area contributed by atoms with E-state index in [1.165, 1.54) is 36.1 Å². The largest absolute Gasteiger partial charge is 0.373 e.